The number of primary amides is 1. The Kier molecular flexibility index (Phi) is 6.25. The van der Waals surface area contributed by atoms with E-state index in [-0.39, 0.29) is 30.7 Å². The van der Waals surface area contributed by atoms with Crippen molar-refractivity contribution in [3.05, 3.63) is 47.8 Å². The summed E-state index contributed by atoms with van der Waals surface area (Å²) in [6, 6.07) is 8.88. The monoisotopic (exact) mass is 466 g/mol. The van der Waals surface area contributed by atoms with E-state index < -0.39 is 17.7 Å². The minimum Gasteiger partial charge on any atom is -0.396 e. The van der Waals surface area contributed by atoms with Crippen LogP contribution in [0.3, 0.4) is 0 Å². The number of hydrogen-bond donors (Lipinski definition) is 3. The first-order valence-electron chi connectivity index (χ1n) is 11.0. The first-order valence-corrected chi connectivity index (χ1v) is 11.0. The molecule has 3 aromatic rings. The molecule has 0 radical (unpaired) electrons. The van der Waals surface area contributed by atoms with Crippen LogP contribution in [-0.2, 0) is 0 Å². The smallest absolute Gasteiger partial charge is 0.252 e. The molecule has 178 valence electrons. The van der Waals surface area contributed by atoms with Crippen LogP contribution in [0.1, 0.15) is 42.6 Å². The van der Waals surface area contributed by atoms with E-state index in [1.165, 1.54) is 26.2 Å². The summed E-state index contributed by atoms with van der Waals surface area (Å²) in [5.41, 5.74) is 6.83. The molecule has 3 aromatic heterocycles. The van der Waals surface area contributed by atoms with Crippen molar-refractivity contribution in [1.29, 1.82) is 5.26 Å². The number of nitrogens with two attached hydrogens (primary N) is 1. The SMILES string of the molecule is CC(C)(O)[C@H](F)CN(c1cc(-c2ccc3cc(C#N)cnn23)ncc1C(N)=O)C1CC(CO)C1. The van der Waals surface area contributed by atoms with Gasteiger partial charge in [-0.2, -0.15) is 10.4 Å². The van der Waals surface area contributed by atoms with Crippen molar-refractivity contribution in [2.24, 2.45) is 11.7 Å². The molecule has 9 nitrogen and oxygen atoms in total. The summed E-state index contributed by atoms with van der Waals surface area (Å²) in [6.07, 6.45) is 2.46. The standard InChI is InChI=1S/C24H27FN6O3/c1-24(2,34)22(25)12-30(17-5-14(6-17)13-32)21-8-19(28-11-18(21)23(27)33)20-4-3-16-7-15(9-26)10-29-31(16)20/h3-4,7-8,10-11,14,17,22,32,34H,5-6,12-13H2,1-2H3,(H2,27,33)/t14?,17?,22-/m1/s1. The third-order valence-electron chi connectivity index (χ3n) is 6.38. The topological polar surface area (TPSA) is 141 Å². The molecule has 1 atom stereocenters. The summed E-state index contributed by atoms with van der Waals surface area (Å²) in [5.74, 6) is -0.605. The molecule has 3 heterocycles. The molecule has 1 fully saturated rings. The van der Waals surface area contributed by atoms with E-state index in [1.54, 1.807) is 33.7 Å². The van der Waals surface area contributed by atoms with Gasteiger partial charge < -0.3 is 20.8 Å². The fraction of sp³-hybridized carbons (Fsp3) is 0.417. The van der Waals surface area contributed by atoms with Crippen LogP contribution >= 0.6 is 0 Å². The number of nitriles is 1. The lowest BCUT2D eigenvalue weighted by molar-refractivity contribution is -0.00184. The Bertz CT molecular complexity index is 1260. The van der Waals surface area contributed by atoms with Crippen molar-refractivity contribution in [2.75, 3.05) is 18.1 Å². The number of nitrogens with zero attached hydrogens (tertiary/aromatic N) is 5. The number of aromatic nitrogens is 3. The fourth-order valence-corrected chi connectivity index (χ4v) is 4.21. The summed E-state index contributed by atoms with van der Waals surface area (Å²) in [6.45, 7) is 2.67. The van der Waals surface area contributed by atoms with E-state index in [2.05, 4.69) is 16.2 Å². The lowest BCUT2D eigenvalue weighted by atomic mass is 9.79. The molecule has 1 aliphatic rings. The highest BCUT2D eigenvalue weighted by Crippen LogP contribution is 2.38. The van der Waals surface area contributed by atoms with Gasteiger partial charge in [0, 0.05) is 18.8 Å². The van der Waals surface area contributed by atoms with Gasteiger partial charge in [-0.25, -0.2) is 8.91 Å². The first kappa shape index (κ1) is 23.6. The number of hydrogen-bond acceptors (Lipinski definition) is 7. The second-order valence-electron chi connectivity index (χ2n) is 9.31. The quantitative estimate of drug-likeness (QED) is 0.461. The van der Waals surface area contributed by atoms with Gasteiger partial charge in [0.1, 0.15) is 12.2 Å². The summed E-state index contributed by atoms with van der Waals surface area (Å²) >= 11 is 0. The Hall–Kier alpha value is -3.55. The number of amides is 1. The van der Waals surface area contributed by atoms with E-state index in [1.807, 2.05) is 0 Å². The molecule has 0 unspecified atom stereocenters. The predicted octanol–water partition coefficient (Wildman–Crippen LogP) is 2.05. The van der Waals surface area contributed by atoms with Crippen molar-refractivity contribution < 1.29 is 19.4 Å². The Labute approximate surface area is 196 Å². The maximum atomic E-state index is 15.0. The minimum atomic E-state index is -1.60. The van der Waals surface area contributed by atoms with Gasteiger partial charge in [0.15, 0.2) is 0 Å². The van der Waals surface area contributed by atoms with E-state index in [0.29, 0.717) is 41.0 Å². The number of rotatable bonds is 8. The number of halogens is 1. The number of fused-ring (bicyclic) bond motifs is 1. The molecular formula is C24H27FN6O3. The van der Waals surface area contributed by atoms with E-state index in [0.717, 1.165) is 0 Å². The Morgan fingerprint density at radius 3 is 2.74 bits per heavy atom. The van der Waals surface area contributed by atoms with Crippen LogP contribution in [0.2, 0.25) is 0 Å². The average Bonchev–Trinajstić information content (AvgIpc) is 3.19. The molecule has 0 spiro atoms. The van der Waals surface area contributed by atoms with Crippen LogP contribution < -0.4 is 10.6 Å². The molecule has 10 heteroatoms. The van der Waals surface area contributed by atoms with Crippen molar-refractivity contribution in [3.8, 4) is 17.5 Å². The highest BCUT2D eigenvalue weighted by atomic mass is 19.1. The van der Waals surface area contributed by atoms with Crippen molar-refractivity contribution >= 4 is 17.1 Å². The maximum absolute atomic E-state index is 15.0. The van der Waals surface area contributed by atoms with Crippen LogP contribution in [-0.4, -0.2) is 61.7 Å². The largest absolute Gasteiger partial charge is 0.396 e. The van der Waals surface area contributed by atoms with Gasteiger partial charge in [-0.1, -0.05) is 0 Å². The molecule has 0 aliphatic heterocycles. The van der Waals surface area contributed by atoms with E-state index in [4.69, 9.17) is 11.0 Å². The third kappa shape index (κ3) is 4.44. The Morgan fingerprint density at radius 2 is 2.12 bits per heavy atom. The zero-order valence-corrected chi connectivity index (χ0v) is 19.0. The molecule has 0 bridgehead atoms. The molecule has 4 N–H and O–H groups in total. The van der Waals surface area contributed by atoms with E-state index >= 15 is 4.39 Å². The number of carbonyl (C=O) groups excluding carboxylic acids is 1. The van der Waals surface area contributed by atoms with Gasteiger partial charge in [0.2, 0.25) is 0 Å². The molecule has 1 amide bonds. The van der Waals surface area contributed by atoms with Crippen molar-refractivity contribution in [2.45, 2.75) is 44.5 Å². The predicted molar refractivity (Wildman–Crippen MR) is 124 cm³/mol. The first-order chi connectivity index (χ1) is 16.1. The number of aliphatic hydroxyl groups is 2. The van der Waals surface area contributed by atoms with Crippen LogP contribution in [0.5, 0.6) is 0 Å². The molecule has 1 saturated carbocycles. The fourth-order valence-electron chi connectivity index (χ4n) is 4.21. The van der Waals surface area contributed by atoms with Gasteiger partial charge in [-0.05, 0) is 56.9 Å². The maximum Gasteiger partial charge on any atom is 0.252 e. The highest BCUT2D eigenvalue weighted by Gasteiger charge is 2.38. The lowest BCUT2D eigenvalue weighted by Gasteiger charge is -2.45. The van der Waals surface area contributed by atoms with Gasteiger partial charge in [-0.15, -0.1) is 0 Å². The molecule has 34 heavy (non-hydrogen) atoms. The van der Waals surface area contributed by atoms with Gasteiger partial charge in [0.25, 0.3) is 5.91 Å². The summed E-state index contributed by atoms with van der Waals surface area (Å²) < 4.78 is 16.6. The zero-order valence-electron chi connectivity index (χ0n) is 19.0. The molecule has 1 aliphatic carbocycles. The summed E-state index contributed by atoms with van der Waals surface area (Å²) in [5, 5.41) is 33.1. The third-order valence-corrected chi connectivity index (χ3v) is 6.38. The Morgan fingerprint density at radius 1 is 1.38 bits per heavy atom. The normalized spacial score (nSPS) is 18.8. The van der Waals surface area contributed by atoms with Gasteiger partial charge >= 0.3 is 0 Å². The van der Waals surface area contributed by atoms with Crippen molar-refractivity contribution in [3.63, 3.8) is 0 Å². The molecule has 0 saturated heterocycles. The molecule has 0 aromatic carbocycles. The Balaban J connectivity index is 1.80. The highest BCUT2D eigenvalue weighted by molar-refractivity contribution is 5.99. The summed E-state index contributed by atoms with van der Waals surface area (Å²) in [7, 11) is 0. The number of carbonyl (C=O) groups is 1. The van der Waals surface area contributed by atoms with Crippen LogP contribution in [0, 0.1) is 17.2 Å². The molecular weight excluding hydrogens is 439 g/mol. The molecule has 4 rings (SSSR count). The summed E-state index contributed by atoms with van der Waals surface area (Å²) in [4.78, 5) is 18.4. The lowest BCUT2D eigenvalue weighted by Crippen LogP contribution is -2.52. The number of pyridine rings is 1. The number of aliphatic hydroxyl groups excluding tert-OH is 1. The average molecular weight is 467 g/mol. The van der Waals surface area contributed by atoms with Crippen LogP contribution in [0.15, 0.2) is 36.7 Å². The van der Waals surface area contributed by atoms with Gasteiger partial charge in [0.05, 0.1) is 52.1 Å². The van der Waals surface area contributed by atoms with E-state index in [9.17, 15) is 15.0 Å². The van der Waals surface area contributed by atoms with Crippen LogP contribution in [0.4, 0.5) is 10.1 Å². The number of anilines is 1. The van der Waals surface area contributed by atoms with Gasteiger partial charge in [-0.3, -0.25) is 9.78 Å². The second kappa shape index (κ2) is 9.00. The number of alkyl halides is 1. The van der Waals surface area contributed by atoms with Crippen LogP contribution in [0.25, 0.3) is 16.9 Å². The van der Waals surface area contributed by atoms with Crippen molar-refractivity contribution in [1.82, 2.24) is 14.6 Å². The minimum absolute atomic E-state index is 0.0334. The second-order valence-corrected chi connectivity index (χ2v) is 9.31. The zero-order chi connectivity index (χ0) is 24.6.